The van der Waals surface area contributed by atoms with Crippen LogP contribution in [0.15, 0.2) is 84.9 Å². The fraction of sp³-hybridized carbons (Fsp3) is 0.103. The van der Waals surface area contributed by atoms with E-state index in [9.17, 15) is 18.0 Å². The normalized spacial score (nSPS) is 11.8. The lowest BCUT2D eigenvalue weighted by Gasteiger charge is -2.11. The average Bonchev–Trinajstić information content (AvgIpc) is 3.50. The third-order valence-electron chi connectivity index (χ3n) is 6.44. The van der Waals surface area contributed by atoms with E-state index in [0.717, 1.165) is 28.1 Å². The third-order valence-corrected chi connectivity index (χ3v) is 6.67. The number of benzene rings is 3. The number of halogens is 4. The number of aryl methyl sites for hydroxylation is 1. The highest BCUT2D eigenvalue weighted by molar-refractivity contribution is 6.30. The summed E-state index contributed by atoms with van der Waals surface area (Å²) in [6.07, 6.45) is -4.73. The standard InChI is InChI=1S/C29H20ClF3N6O/c1-17-11-26(37-38(17)16-18-5-4-8-22(30)12-18)35-28(40)24-15-27-34-23(14-25(29(31,32)33)39(27)36-24)21-10-9-19-6-2-3-7-20(19)13-21/h2-15H,16H2,1H3,(H,35,37,40). The van der Waals surface area contributed by atoms with Gasteiger partial charge in [-0.15, -0.1) is 0 Å². The zero-order valence-electron chi connectivity index (χ0n) is 20.9. The molecule has 1 amide bonds. The maximum Gasteiger partial charge on any atom is 0.433 e. The van der Waals surface area contributed by atoms with Crippen LogP contribution in [0.25, 0.3) is 27.7 Å². The molecule has 0 unspecified atom stereocenters. The highest BCUT2D eigenvalue weighted by Gasteiger charge is 2.35. The van der Waals surface area contributed by atoms with E-state index >= 15 is 0 Å². The van der Waals surface area contributed by atoms with Crippen molar-refractivity contribution in [3.63, 3.8) is 0 Å². The molecule has 0 atom stereocenters. The van der Waals surface area contributed by atoms with Gasteiger partial charge in [0.2, 0.25) is 0 Å². The lowest BCUT2D eigenvalue weighted by Crippen LogP contribution is -2.16. The lowest BCUT2D eigenvalue weighted by atomic mass is 10.0. The Morgan fingerprint density at radius 2 is 1.73 bits per heavy atom. The average molecular weight is 561 g/mol. The number of aromatic nitrogens is 5. The van der Waals surface area contributed by atoms with E-state index in [4.69, 9.17) is 11.6 Å². The van der Waals surface area contributed by atoms with Crippen molar-refractivity contribution >= 4 is 39.7 Å². The summed E-state index contributed by atoms with van der Waals surface area (Å²) in [5, 5.41) is 13.4. The van der Waals surface area contributed by atoms with Gasteiger partial charge in [-0.2, -0.15) is 23.4 Å². The first-order valence-corrected chi connectivity index (χ1v) is 12.6. The fourth-order valence-corrected chi connectivity index (χ4v) is 4.72. The Kier molecular flexibility index (Phi) is 6.26. The van der Waals surface area contributed by atoms with Crippen LogP contribution in [0.4, 0.5) is 19.0 Å². The van der Waals surface area contributed by atoms with Crippen molar-refractivity contribution in [3.8, 4) is 11.3 Å². The number of hydrogen-bond acceptors (Lipinski definition) is 4. The van der Waals surface area contributed by atoms with Crippen LogP contribution in [0, 0.1) is 6.92 Å². The van der Waals surface area contributed by atoms with Gasteiger partial charge in [0.1, 0.15) is 0 Å². The molecule has 0 bridgehead atoms. The zero-order chi connectivity index (χ0) is 28.0. The molecule has 0 aliphatic carbocycles. The highest BCUT2D eigenvalue weighted by atomic mass is 35.5. The summed E-state index contributed by atoms with van der Waals surface area (Å²) in [5.41, 5.74) is 0.950. The van der Waals surface area contributed by atoms with Crippen LogP contribution in [0.1, 0.15) is 27.4 Å². The number of amides is 1. The minimum absolute atomic E-state index is 0.106. The van der Waals surface area contributed by atoms with Crippen LogP contribution in [0.3, 0.4) is 0 Å². The van der Waals surface area contributed by atoms with Gasteiger partial charge in [-0.3, -0.25) is 9.48 Å². The summed E-state index contributed by atoms with van der Waals surface area (Å²) in [7, 11) is 0. The number of hydrogen-bond donors (Lipinski definition) is 1. The summed E-state index contributed by atoms with van der Waals surface area (Å²) in [6.45, 7) is 2.25. The smallest absolute Gasteiger partial charge is 0.304 e. The number of anilines is 1. The first-order valence-electron chi connectivity index (χ1n) is 12.2. The van der Waals surface area contributed by atoms with Gasteiger partial charge >= 0.3 is 6.18 Å². The van der Waals surface area contributed by atoms with Gasteiger partial charge in [0.15, 0.2) is 22.9 Å². The Labute approximate surface area is 230 Å². The maximum atomic E-state index is 14.1. The molecule has 6 aromatic rings. The Morgan fingerprint density at radius 1 is 0.925 bits per heavy atom. The van der Waals surface area contributed by atoms with Gasteiger partial charge in [-0.1, -0.05) is 60.1 Å². The summed E-state index contributed by atoms with van der Waals surface area (Å²) >= 11 is 6.06. The number of fused-ring (bicyclic) bond motifs is 2. The molecule has 0 saturated carbocycles. The molecule has 0 radical (unpaired) electrons. The van der Waals surface area contributed by atoms with Gasteiger partial charge in [0.05, 0.1) is 12.2 Å². The molecule has 40 heavy (non-hydrogen) atoms. The van der Waals surface area contributed by atoms with Crippen molar-refractivity contribution in [3.05, 3.63) is 113 Å². The van der Waals surface area contributed by atoms with E-state index in [1.54, 1.807) is 28.9 Å². The van der Waals surface area contributed by atoms with Gasteiger partial charge in [0, 0.05) is 28.4 Å². The number of nitrogens with one attached hydrogen (secondary N) is 1. The summed E-state index contributed by atoms with van der Waals surface area (Å²) < 4.78 is 44.5. The zero-order valence-corrected chi connectivity index (χ0v) is 21.7. The van der Waals surface area contributed by atoms with E-state index < -0.39 is 17.8 Å². The lowest BCUT2D eigenvalue weighted by molar-refractivity contribution is -0.142. The number of carbonyl (C=O) groups excluding carboxylic acids is 1. The van der Waals surface area contributed by atoms with Crippen molar-refractivity contribution in [1.29, 1.82) is 0 Å². The van der Waals surface area contributed by atoms with Crippen LogP contribution in [-0.2, 0) is 12.7 Å². The molecule has 200 valence electrons. The van der Waals surface area contributed by atoms with Crippen LogP contribution in [-0.4, -0.2) is 30.3 Å². The van der Waals surface area contributed by atoms with Gasteiger partial charge < -0.3 is 5.32 Å². The molecule has 0 spiro atoms. The second-order valence-electron chi connectivity index (χ2n) is 9.30. The highest BCUT2D eigenvalue weighted by Crippen LogP contribution is 2.33. The third kappa shape index (κ3) is 5.01. The van der Waals surface area contributed by atoms with Crippen LogP contribution in [0.5, 0.6) is 0 Å². The number of carbonyl (C=O) groups is 1. The van der Waals surface area contributed by atoms with Gasteiger partial charge in [-0.05, 0) is 47.5 Å². The van der Waals surface area contributed by atoms with Crippen LogP contribution in [0.2, 0.25) is 5.02 Å². The predicted octanol–water partition coefficient (Wildman–Crippen LogP) is 7.03. The molecule has 11 heteroatoms. The second kappa shape index (κ2) is 9.80. The molecular formula is C29H20ClF3N6O. The molecule has 3 aromatic carbocycles. The summed E-state index contributed by atoms with van der Waals surface area (Å²) in [5.74, 6) is -0.472. The Bertz CT molecular complexity index is 1910. The van der Waals surface area contributed by atoms with Gasteiger partial charge in [0.25, 0.3) is 5.91 Å². The molecule has 3 aromatic heterocycles. The summed E-state index contributed by atoms with van der Waals surface area (Å²) in [4.78, 5) is 17.4. The van der Waals surface area contributed by atoms with E-state index in [2.05, 4.69) is 20.5 Å². The molecule has 7 nitrogen and oxygen atoms in total. The van der Waals surface area contributed by atoms with E-state index in [1.165, 1.54) is 6.07 Å². The maximum absolute atomic E-state index is 14.1. The van der Waals surface area contributed by atoms with E-state index in [1.807, 2.05) is 55.5 Å². The minimum atomic E-state index is -4.73. The first-order chi connectivity index (χ1) is 19.1. The predicted molar refractivity (Wildman–Crippen MR) is 146 cm³/mol. The van der Waals surface area contributed by atoms with Crippen molar-refractivity contribution in [2.75, 3.05) is 5.32 Å². The molecule has 0 aliphatic heterocycles. The van der Waals surface area contributed by atoms with Gasteiger partial charge in [-0.25, -0.2) is 9.50 Å². The number of rotatable bonds is 5. The quantitative estimate of drug-likeness (QED) is 0.246. The topological polar surface area (TPSA) is 77.1 Å². The second-order valence-corrected chi connectivity index (χ2v) is 9.73. The molecule has 0 aliphatic rings. The minimum Gasteiger partial charge on any atom is -0.304 e. The van der Waals surface area contributed by atoms with Crippen molar-refractivity contribution in [2.45, 2.75) is 19.6 Å². The Balaban J connectivity index is 1.32. The Hall–Kier alpha value is -4.70. The molecule has 3 heterocycles. The van der Waals surface area contributed by atoms with Crippen molar-refractivity contribution < 1.29 is 18.0 Å². The summed E-state index contributed by atoms with van der Waals surface area (Å²) in [6, 6.07) is 24.0. The fourth-order valence-electron chi connectivity index (χ4n) is 4.50. The monoisotopic (exact) mass is 560 g/mol. The molecule has 0 saturated heterocycles. The molecular weight excluding hydrogens is 541 g/mol. The molecule has 6 rings (SSSR count). The van der Waals surface area contributed by atoms with E-state index in [0.29, 0.717) is 21.6 Å². The molecule has 0 fully saturated rings. The number of alkyl halides is 3. The number of nitrogens with zero attached hydrogens (tertiary/aromatic N) is 5. The van der Waals surface area contributed by atoms with Crippen LogP contribution >= 0.6 is 11.6 Å². The van der Waals surface area contributed by atoms with Crippen LogP contribution < -0.4 is 5.32 Å². The first kappa shape index (κ1) is 25.6. The molecule has 1 N–H and O–H groups in total. The SMILES string of the molecule is Cc1cc(NC(=O)c2cc3nc(-c4ccc5ccccc5c4)cc(C(F)(F)F)n3n2)nn1Cc1cccc(Cl)c1. The van der Waals surface area contributed by atoms with Crippen molar-refractivity contribution in [1.82, 2.24) is 24.4 Å². The van der Waals surface area contributed by atoms with Crippen molar-refractivity contribution in [2.24, 2.45) is 0 Å². The van der Waals surface area contributed by atoms with E-state index in [-0.39, 0.29) is 22.9 Å². The Morgan fingerprint density at radius 3 is 2.50 bits per heavy atom. The largest absolute Gasteiger partial charge is 0.433 e.